The van der Waals surface area contributed by atoms with Crippen molar-refractivity contribution in [1.82, 2.24) is 5.16 Å². The summed E-state index contributed by atoms with van der Waals surface area (Å²) >= 11 is 0. The van der Waals surface area contributed by atoms with E-state index in [9.17, 15) is 0 Å². The third-order valence-electron chi connectivity index (χ3n) is 3.10. The molecule has 0 aliphatic carbocycles. The molecule has 0 aliphatic heterocycles. The Balaban J connectivity index is 2.20. The summed E-state index contributed by atoms with van der Waals surface area (Å²) in [5.74, 6) is 1.00. The van der Waals surface area contributed by atoms with Crippen LogP contribution in [0.5, 0.6) is 0 Å². The molecular formula is C14H18N2O. The van der Waals surface area contributed by atoms with Crippen LogP contribution in [0, 0.1) is 0 Å². The van der Waals surface area contributed by atoms with E-state index in [0.29, 0.717) is 0 Å². The normalized spacial score (nSPS) is 14.5. The van der Waals surface area contributed by atoms with Gasteiger partial charge in [0.2, 0.25) is 0 Å². The zero-order valence-corrected chi connectivity index (χ0v) is 10.3. The van der Waals surface area contributed by atoms with Gasteiger partial charge in [0.05, 0.1) is 11.7 Å². The van der Waals surface area contributed by atoms with Crippen molar-refractivity contribution in [3.05, 3.63) is 53.4 Å². The standard InChI is InChI=1S/C14H18N2O/c1-3-12(15)14-9-13(16-17-14)10(2)11-7-5-4-6-8-11/h4-10,12H,3,15H2,1-2H3. The van der Waals surface area contributed by atoms with E-state index in [4.69, 9.17) is 10.3 Å². The average molecular weight is 230 g/mol. The van der Waals surface area contributed by atoms with Crippen molar-refractivity contribution in [2.75, 3.05) is 0 Å². The molecule has 0 saturated carbocycles. The van der Waals surface area contributed by atoms with E-state index in [1.165, 1.54) is 5.56 Å². The van der Waals surface area contributed by atoms with Crippen LogP contribution >= 0.6 is 0 Å². The number of rotatable bonds is 4. The molecule has 2 unspecified atom stereocenters. The fourth-order valence-electron chi connectivity index (χ4n) is 1.80. The molecule has 3 nitrogen and oxygen atoms in total. The van der Waals surface area contributed by atoms with Gasteiger partial charge in [0.25, 0.3) is 0 Å². The fraction of sp³-hybridized carbons (Fsp3) is 0.357. The minimum Gasteiger partial charge on any atom is -0.359 e. The molecule has 3 heteroatoms. The van der Waals surface area contributed by atoms with Crippen LogP contribution in [0.25, 0.3) is 0 Å². The minimum atomic E-state index is -0.0563. The predicted molar refractivity (Wildman–Crippen MR) is 67.7 cm³/mol. The molecule has 0 amide bonds. The van der Waals surface area contributed by atoms with E-state index in [-0.39, 0.29) is 12.0 Å². The van der Waals surface area contributed by atoms with Gasteiger partial charge in [0.1, 0.15) is 0 Å². The largest absolute Gasteiger partial charge is 0.359 e. The monoisotopic (exact) mass is 230 g/mol. The molecule has 0 fully saturated rings. The lowest BCUT2D eigenvalue weighted by Crippen LogP contribution is -2.07. The highest BCUT2D eigenvalue weighted by Crippen LogP contribution is 2.25. The highest BCUT2D eigenvalue weighted by atomic mass is 16.5. The van der Waals surface area contributed by atoms with Crippen molar-refractivity contribution >= 4 is 0 Å². The van der Waals surface area contributed by atoms with Gasteiger partial charge in [-0.2, -0.15) is 0 Å². The van der Waals surface area contributed by atoms with Gasteiger partial charge >= 0.3 is 0 Å². The van der Waals surface area contributed by atoms with E-state index in [2.05, 4.69) is 24.2 Å². The number of hydrogen-bond donors (Lipinski definition) is 1. The molecule has 90 valence electrons. The molecule has 17 heavy (non-hydrogen) atoms. The Labute approximate surface area is 102 Å². The molecule has 0 saturated heterocycles. The molecule has 2 aromatic rings. The molecule has 0 radical (unpaired) electrons. The fourth-order valence-corrected chi connectivity index (χ4v) is 1.80. The second-order valence-electron chi connectivity index (χ2n) is 4.30. The van der Waals surface area contributed by atoms with E-state index >= 15 is 0 Å². The zero-order valence-electron chi connectivity index (χ0n) is 10.3. The number of aromatic nitrogens is 1. The first-order valence-corrected chi connectivity index (χ1v) is 5.99. The van der Waals surface area contributed by atoms with E-state index in [1.54, 1.807) is 0 Å². The van der Waals surface area contributed by atoms with Crippen LogP contribution in [-0.4, -0.2) is 5.16 Å². The summed E-state index contributed by atoms with van der Waals surface area (Å²) in [6.07, 6.45) is 0.856. The summed E-state index contributed by atoms with van der Waals surface area (Å²) in [7, 11) is 0. The molecule has 2 atom stereocenters. The van der Waals surface area contributed by atoms with E-state index in [0.717, 1.165) is 17.9 Å². The van der Waals surface area contributed by atoms with Crippen LogP contribution in [0.15, 0.2) is 40.9 Å². The molecular weight excluding hydrogens is 212 g/mol. The van der Waals surface area contributed by atoms with Gasteiger partial charge in [0.15, 0.2) is 5.76 Å². The van der Waals surface area contributed by atoms with Gasteiger partial charge in [-0.25, -0.2) is 0 Å². The molecule has 0 aliphatic rings. The Morgan fingerprint density at radius 1 is 1.29 bits per heavy atom. The number of nitrogens with zero attached hydrogens (tertiary/aromatic N) is 1. The Kier molecular flexibility index (Phi) is 3.59. The summed E-state index contributed by atoms with van der Waals surface area (Å²) in [6.45, 7) is 4.15. The number of benzene rings is 1. The van der Waals surface area contributed by atoms with Crippen LogP contribution in [0.4, 0.5) is 0 Å². The first kappa shape index (κ1) is 11.9. The summed E-state index contributed by atoms with van der Waals surface area (Å²) in [4.78, 5) is 0. The first-order valence-electron chi connectivity index (χ1n) is 5.99. The maximum Gasteiger partial charge on any atom is 0.153 e. The molecule has 1 heterocycles. The van der Waals surface area contributed by atoms with E-state index in [1.807, 2.05) is 31.2 Å². The van der Waals surface area contributed by atoms with Crippen molar-refractivity contribution in [3.63, 3.8) is 0 Å². The predicted octanol–water partition coefficient (Wildman–Crippen LogP) is 3.24. The Morgan fingerprint density at radius 3 is 2.65 bits per heavy atom. The second-order valence-corrected chi connectivity index (χ2v) is 4.30. The summed E-state index contributed by atoms with van der Waals surface area (Å²) in [5, 5.41) is 4.11. The lowest BCUT2D eigenvalue weighted by atomic mass is 9.97. The van der Waals surface area contributed by atoms with Crippen LogP contribution in [-0.2, 0) is 0 Å². The Morgan fingerprint density at radius 2 is 2.00 bits per heavy atom. The van der Waals surface area contributed by atoms with Crippen molar-refractivity contribution in [3.8, 4) is 0 Å². The molecule has 1 aromatic heterocycles. The van der Waals surface area contributed by atoms with Crippen molar-refractivity contribution in [2.24, 2.45) is 5.73 Å². The lowest BCUT2D eigenvalue weighted by molar-refractivity contribution is 0.353. The van der Waals surface area contributed by atoms with Gasteiger partial charge in [0, 0.05) is 12.0 Å². The first-order chi connectivity index (χ1) is 8.22. The van der Waals surface area contributed by atoms with E-state index < -0.39 is 0 Å². The topological polar surface area (TPSA) is 52.0 Å². The molecule has 0 bridgehead atoms. The lowest BCUT2D eigenvalue weighted by Gasteiger charge is -2.07. The second kappa shape index (κ2) is 5.15. The van der Waals surface area contributed by atoms with Gasteiger partial charge in [-0.1, -0.05) is 49.3 Å². The minimum absolute atomic E-state index is 0.0563. The van der Waals surface area contributed by atoms with Crippen molar-refractivity contribution < 1.29 is 4.52 Å². The number of nitrogens with two attached hydrogens (primary N) is 1. The summed E-state index contributed by atoms with van der Waals surface area (Å²) in [6, 6.07) is 12.2. The van der Waals surface area contributed by atoms with Crippen LogP contribution < -0.4 is 5.73 Å². The maximum absolute atomic E-state index is 5.91. The van der Waals surface area contributed by atoms with Gasteiger partial charge in [-0.05, 0) is 12.0 Å². The van der Waals surface area contributed by atoms with Gasteiger partial charge in [-0.15, -0.1) is 0 Å². The third-order valence-corrected chi connectivity index (χ3v) is 3.10. The van der Waals surface area contributed by atoms with Crippen molar-refractivity contribution in [1.29, 1.82) is 0 Å². The maximum atomic E-state index is 5.91. The zero-order chi connectivity index (χ0) is 12.3. The van der Waals surface area contributed by atoms with Crippen LogP contribution in [0.1, 0.15) is 49.2 Å². The molecule has 0 spiro atoms. The average Bonchev–Trinajstić information content (AvgIpc) is 2.87. The Bertz CT molecular complexity index is 464. The SMILES string of the molecule is CCC(N)c1cc(C(C)c2ccccc2)no1. The smallest absolute Gasteiger partial charge is 0.153 e. The quantitative estimate of drug-likeness (QED) is 0.877. The number of hydrogen-bond acceptors (Lipinski definition) is 3. The Hall–Kier alpha value is -1.61. The molecule has 2 N–H and O–H groups in total. The highest BCUT2D eigenvalue weighted by molar-refractivity contribution is 5.27. The summed E-state index contributed by atoms with van der Waals surface area (Å²) in [5.41, 5.74) is 8.09. The van der Waals surface area contributed by atoms with Crippen molar-refractivity contribution in [2.45, 2.75) is 32.2 Å². The summed E-state index contributed by atoms with van der Waals surface area (Å²) < 4.78 is 5.28. The molecule has 1 aromatic carbocycles. The van der Waals surface area contributed by atoms with Crippen LogP contribution in [0.2, 0.25) is 0 Å². The molecule has 2 rings (SSSR count). The third kappa shape index (κ3) is 2.56. The van der Waals surface area contributed by atoms with Crippen LogP contribution in [0.3, 0.4) is 0 Å². The van der Waals surface area contributed by atoms with Gasteiger partial charge < -0.3 is 10.3 Å². The highest BCUT2D eigenvalue weighted by Gasteiger charge is 2.16. The van der Waals surface area contributed by atoms with Gasteiger partial charge in [-0.3, -0.25) is 0 Å².